The molecule has 0 bridgehead atoms. The molecular weight excluding hydrogens is 286 g/mol. The van der Waals surface area contributed by atoms with Gasteiger partial charge in [0, 0.05) is 10.7 Å². The third-order valence-electron chi connectivity index (χ3n) is 2.04. The summed E-state index contributed by atoms with van der Waals surface area (Å²) in [5, 5.41) is 0. The first-order valence-corrected chi connectivity index (χ1v) is 5.84. The predicted molar refractivity (Wildman–Crippen MR) is 65.5 cm³/mol. The van der Waals surface area contributed by atoms with Crippen LogP contribution in [0.15, 0.2) is 29.0 Å². The van der Waals surface area contributed by atoms with Crippen LogP contribution in [0.5, 0.6) is 0 Å². The van der Waals surface area contributed by atoms with Crippen molar-refractivity contribution in [2.24, 2.45) is 0 Å². The van der Waals surface area contributed by atoms with E-state index in [1.54, 1.807) is 19.2 Å². The van der Waals surface area contributed by atoms with Gasteiger partial charge in [0.25, 0.3) is 0 Å². The molecule has 0 aliphatic rings. The minimum atomic E-state index is -0.414. The Morgan fingerprint density at radius 3 is 2.88 bits per heavy atom. The van der Waals surface area contributed by atoms with Crippen molar-refractivity contribution in [3.05, 3.63) is 34.7 Å². The molecule has 0 unspecified atom stereocenters. The van der Waals surface area contributed by atoms with E-state index in [1.807, 2.05) is 6.07 Å². The number of ether oxygens (including phenoxy) is 1. The SMILES string of the molecule is CCOC(=O)c1cnc(-c2ccc(Br)cn2)[nH]1. The Hall–Kier alpha value is -1.69. The highest BCUT2D eigenvalue weighted by Crippen LogP contribution is 2.16. The highest BCUT2D eigenvalue weighted by molar-refractivity contribution is 9.10. The van der Waals surface area contributed by atoms with Crippen molar-refractivity contribution in [2.75, 3.05) is 6.61 Å². The van der Waals surface area contributed by atoms with E-state index < -0.39 is 5.97 Å². The predicted octanol–water partition coefficient (Wildman–Crippen LogP) is 2.41. The smallest absolute Gasteiger partial charge is 0.356 e. The molecule has 0 saturated heterocycles. The van der Waals surface area contributed by atoms with Crippen LogP contribution in [-0.2, 0) is 4.74 Å². The largest absolute Gasteiger partial charge is 0.461 e. The molecule has 0 spiro atoms. The molecule has 1 N–H and O–H groups in total. The lowest BCUT2D eigenvalue weighted by atomic mass is 10.3. The number of hydrogen-bond donors (Lipinski definition) is 1. The molecule has 0 fully saturated rings. The van der Waals surface area contributed by atoms with E-state index in [2.05, 4.69) is 30.9 Å². The van der Waals surface area contributed by atoms with Crippen LogP contribution in [0.25, 0.3) is 11.5 Å². The Morgan fingerprint density at radius 1 is 1.41 bits per heavy atom. The van der Waals surface area contributed by atoms with Crippen LogP contribution in [0.2, 0.25) is 0 Å². The van der Waals surface area contributed by atoms with Crippen molar-refractivity contribution in [1.29, 1.82) is 0 Å². The highest BCUT2D eigenvalue weighted by Gasteiger charge is 2.11. The number of imidazole rings is 1. The van der Waals surface area contributed by atoms with Gasteiger partial charge in [-0.2, -0.15) is 0 Å². The lowest BCUT2D eigenvalue weighted by Gasteiger charge is -1.98. The van der Waals surface area contributed by atoms with E-state index in [0.717, 1.165) is 4.47 Å². The molecule has 17 heavy (non-hydrogen) atoms. The fraction of sp³-hybridized carbons (Fsp3) is 0.182. The summed E-state index contributed by atoms with van der Waals surface area (Å²) in [5.41, 5.74) is 0.996. The average molecular weight is 296 g/mol. The van der Waals surface area contributed by atoms with Crippen LogP contribution in [0.4, 0.5) is 0 Å². The van der Waals surface area contributed by atoms with E-state index in [0.29, 0.717) is 23.8 Å². The molecule has 5 nitrogen and oxygen atoms in total. The number of nitrogens with one attached hydrogen (secondary N) is 1. The Balaban J connectivity index is 2.23. The Kier molecular flexibility index (Phi) is 3.53. The van der Waals surface area contributed by atoms with Crippen molar-refractivity contribution in [1.82, 2.24) is 15.0 Å². The van der Waals surface area contributed by atoms with Crippen LogP contribution < -0.4 is 0 Å². The third-order valence-corrected chi connectivity index (χ3v) is 2.51. The number of aromatic amines is 1. The topological polar surface area (TPSA) is 67.9 Å². The summed E-state index contributed by atoms with van der Waals surface area (Å²) in [4.78, 5) is 22.6. The second kappa shape index (κ2) is 5.09. The number of aromatic nitrogens is 3. The summed E-state index contributed by atoms with van der Waals surface area (Å²) in [7, 11) is 0. The van der Waals surface area contributed by atoms with Gasteiger partial charge in [0.1, 0.15) is 11.4 Å². The highest BCUT2D eigenvalue weighted by atomic mass is 79.9. The van der Waals surface area contributed by atoms with Gasteiger partial charge in [0.15, 0.2) is 5.82 Å². The maximum atomic E-state index is 11.4. The molecule has 0 saturated carbocycles. The van der Waals surface area contributed by atoms with Crippen LogP contribution in [0.1, 0.15) is 17.4 Å². The van der Waals surface area contributed by atoms with Crippen LogP contribution in [0.3, 0.4) is 0 Å². The molecule has 2 heterocycles. The molecule has 2 rings (SSSR count). The molecule has 88 valence electrons. The maximum absolute atomic E-state index is 11.4. The molecule has 0 amide bonds. The molecule has 0 aromatic carbocycles. The Labute approximate surface area is 106 Å². The molecule has 2 aromatic rings. The second-order valence-corrected chi connectivity index (χ2v) is 4.14. The van der Waals surface area contributed by atoms with Crippen molar-refractivity contribution in [3.8, 4) is 11.5 Å². The van der Waals surface area contributed by atoms with Crippen LogP contribution in [0, 0.1) is 0 Å². The van der Waals surface area contributed by atoms with Gasteiger partial charge in [0.2, 0.25) is 0 Å². The van der Waals surface area contributed by atoms with E-state index >= 15 is 0 Å². The zero-order valence-corrected chi connectivity index (χ0v) is 10.7. The van der Waals surface area contributed by atoms with Crippen molar-refractivity contribution < 1.29 is 9.53 Å². The van der Waals surface area contributed by atoms with E-state index in [4.69, 9.17) is 4.74 Å². The number of hydrogen-bond acceptors (Lipinski definition) is 4. The van der Waals surface area contributed by atoms with Crippen LogP contribution in [-0.4, -0.2) is 27.5 Å². The van der Waals surface area contributed by atoms with Gasteiger partial charge >= 0.3 is 5.97 Å². The lowest BCUT2D eigenvalue weighted by Crippen LogP contribution is -2.04. The number of carbonyl (C=O) groups excluding carboxylic acids is 1. The summed E-state index contributed by atoms with van der Waals surface area (Å²) in [5.74, 6) is 0.129. The van der Waals surface area contributed by atoms with Crippen LogP contribution >= 0.6 is 15.9 Å². The van der Waals surface area contributed by atoms with E-state index in [1.165, 1.54) is 6.20 Å². The Morgan fingerprint density at radius 2 is 2.24 bits per heavy atom. The molecule has 0 aliphatic heterocycles. The van der Waals surface area contributed by atoms with Gasteiger partial charge in [-0.3, -0.25) is 4.98 Å². The van der Waals surface area contributed by atoms with Gasteiger partial charge in [-0.1, -0.05) is 0 Å². The number of nitrogens with zero attached hydrogens (tertiary/aromatic N) is 2. The zero-order valence-electron chi connectivity index (χ0n) is 9.11. The first kappa shape index (κ1) is 11.8. The van der Waals surface area contributed by atoms with Crippen molar-refractivity contribution >= 4 is 21.9 Å². The van der Waals surface area contributed by atoms with Gasteiger partial charge in [-0.05, 0) is 35.0 Å². The first-order valence-electron chi connectivity index (χ1n) is 5.04. The summed E-state index contributed by atoms with van der Waals surface area (Å²) in [6.45, 7) is 2.09. The van der Waals surface area contributed by atoms with Crippen molar-refractivity contribution in [2.45, 2.75) is 6.92 Å². The van der Waals surface area contributed by atoms with Gasteiger partial charge < -0.3 is 9.72 Å². The number of rotatable bonds is 3. The molecule has 0 aliphatic carbocycles. The summed E-state index contributed by atoms with van der Waals surface area (Å²) < 4.78 is 5.75. The number of H-pyrrole nitrogens is 1. The first-order chi connectivity index (χ1) is 8.20. The van der Waals surface area contributed by atoms with Gasteiger partial charge in [-0.15, -0.1) is 0 Å². The molecule has 0 atom stereocenters. The van der Waals surface area contributed by atoms with Crippen molar-refractivity contribution in [3.63, 3.8) is 0 Å². The third kappa shape index (κ3) is 2.71. The van der Waals surface area contributed by atoms with Gasteiger partial charge in [0.05, 0.1) is 12.8 Å². The lowest BCUT2D eigenvalue weighted by molar-refractivity contribution is 0.0520. The fourth-order valence-electron chi connectivity index (χ4n) is 1.28. The second-order valence-electron chi connectivity index (χ2n) is 3.23. The monoisotopic (exact) mass is 295 g/mol. The summed E-state index contributed by atoms with van der Waals surface area (Å²) in [6.07, 6.45) is 3.11. The number of esters is 1. The quantitative estimate of drug-likeness (QED) is 0.883. The molecule has 2 aromatic heterocycles. The normalized spacial score (nSPS) is 10.2. The Bertz CT molecular complexity index is 522. The average Bonchev–Trinajstić information content (AvgIpc) is 2.80. The standard InChI is InChI=1S/C11H10BrN3O2/c1-2-17-11(16)9-6-14-10(15-9)8-4-3-7(12)5-13-8/h3-6H,2H2,1H3,(H,14,15). The minimum Gasteiger partial charge on any atom is -0.461 e. The molecular formula is C11H10BrN3O2. The van der Waals surface area contributed by atoms with E-state index in [9.17, 15) is 4.79 Å². The molecule has 6 heteroatoms. The summed E-state index contributed by atoms with van der Waals surface area (Å²) >= 11 is 3.30. The maximum Gasteiger partial charge on any atom is 0.356 e. The molecule has 0 radical (unpaired) electrons. The zero-order chi connectivity index (χ0) is 12.3. The van der Waals surface area contributed by atoms with Gasteiger partial charge in [-0.25, -0.2) is 9.78 Å². The number of pyridine rings is 1. The summed E-state index contributed by atoms with van der Waals surface area (Å²) in [6, 6.07) is 3.66. The number of carbonyl (C=O) groups is 1. The minimum absolute atomic E-state index is 0.326. The fourth-order valence-corrected chi connectivity index (χ4v) is 1.51. The number of halogens is 1. The van der Waals surface area contributed by atoms with E-state index in [-0.39, 0.29) is 0 Å².